The topological polar surface area (TPSA) is 61.4 Å². The zero-order valence-electron chi connectivity index (χ0n) is 33.7. The fraction of sp³-hybridized carbons (Fsp3) is 0. The molecule has 0 spiro atoms. The van der Waals surface area contributed by atoms with Crippen molar-refractivity contribution >= 4 is 75.3 Å². The van der Waals surface area contributed by atoms with Crippen LogP contribution in [-0.4, -0.2) is 29.1 Å². The average Bonchev–Trinajstić information content (AvgIpc) is 4.01. The van der Waals surface area contributed by atoms with E-state index in [0.717, 1.165) is 60.8 Å². The number of hydrogen-bond acceptors (Lipinski definition) is 5. The average molecular weight is 823 g/mol. The predicted octanol–water partition coefficient (Wildman–Crippen LogP) is 14.5. The fourth-order valence-electron chi connectivity index (χ4n) is 9.30. The van der Waals surface area contributed by atoms with Crippen LogP contribution in [0.3, 0.4) is 0 Å². The summed E-state index contributed by atoms with van der Waals surface area (Å²) in [6.07, 6.45) is 1.88. The van der Waals surface area contributed by atoms with Crippen molar-refractivity contribution in [3.8, 4) is 56.7 Å². The molecule has 6 nitrogen and oxygen atoms in total. The van der Waals surface area contributed by atoms with Crippen LogP contribution in [0, 0.1) is 0 Å². The highest BCUT2D eigenvalue weighted by Gasteiger charge is 2.20. The first-order chi connectivity index (χ1) is 31.2. The van der Waals surface area contributed by atoms with Gasteiger partial charge in [0.1, 0.15) is 0 Å². The number of para-hydroxylation sites is 2. The molecule has 0 aliphatic rings. The summed E-state index contributed by atoms with van der Waals surface area (Å²) < 4.78 is 7.05. The molecule has 8 aromatic carbocycles. The number of nitrogens with zero attached hydrogens (tertiary/aromatic N) is 6. The van der Waals surface area contributed by atoms with Gasteiger partial charge in [-0.3, -0.25) is 9.55 Å². The molecule has 63 heavy (non-hydrogen) atoms. The SMILES string of the molecule is c1ccc(-c2nc(-c3ccccc3)nc(-n3c4ccccc4c4cc(-c5ccc6c7ccccc7n(-c7cccc(-c8ccc9sc%10cccnc%10c9c8)c7)c6c5)ccc43)n2)cc1. The number of pyridine rings is 1. The monoisotopic (exact) mass is 822 g/mol. The summed E-state index contributed by atoms with van der Waals surface area (Å²) in [4.78, 5) is 20.0. The summed E-state index contributed by atoms with van der Waals surface area (Å²) in [6, 6.07) is 71.0. The van der Waals surface area contributed by atoms with Crippen molar-refractivity contribution in [3.63, 3.8) is 0 Å². The van der Waals surface area contributed by atoms with Crippen LogP contribution in [-0.2, 0) is 0 Å². The molecule has 0 amide bonds. The second kappa shape index (κ2) is 14.2. The highest BCUT2D eigenvalue weighted by Crippen LogP contribution is 2.40. The van der Waals surface area contributed by atoms with Gasteiger partial charge in [-0.2, -0.15) is 9.97 Å². The van der Waals surface area contributed by atoms with Crippen LogP contribution in [0.25, 0.3) is 121 Å². The van der Waals surface area contributed by atoms with Gasteiger partial charge in [-0.15, -0.1) is 11.3 Å². The maximum absolute atomic E-state index is 5.13. The van der Waals surface area contributed by atoms with Crippen molar-refractivity contribution in [2.75, 3.05) is 0 Å². The first-order valence-corrected chi connectivity index (χ1v) is 21.9. The van der Waals surface area contributed by atoms with Crippen LogP contribution in [0.1, 0.15) is 0 Å². The van der Waals surface area contributed by atoms with E-state index in [1.54, 1.807) is 11.3 Å². The van der Waals surface area contributed by atoms with Crippen molar-refractivity contribution in [3.05, 3.63) is 206 Å². The van der Waals surface area contributed by atoms with Crippen LogP contribution >= 0.6 is 11.3 Å². The summed E-state index contributed by atoms with van der Waals surface area (Å²) >= 11 is 1.79. The van der Waals surface area contributed by atoms with Crippen LogP contribution < -0.4 is 0 Å². The van der Waals surface area contributed by atoms with Crippen LogP contribution in [0.2, 0.25) is 0 Å². The molecule has 5 aromatic heterocycles. The molecule has 0 unspecified atom stereocenters. The molecule has 0 atom stereocenters. The van der Waals surface area contributed by atoms with Gasteiger partial charge in [0, 0.05) is 54.6 Å². The molecule has 7 heteroatoms. The Bertz CT molecular complexity index is 3860. The van der Waals surface area contributed by atoms with Gasteiger partial charge in [-0.1, -0.05) is 133 Å². The summed E-state index contributed by atoms with van der Waals surface area (Å²) in [7, 11) is 0. The van der Waals surface area contributed by atoms with E-state index in [1.165, 1.54) is 42.2 Å². The number of thiophene rings is 1. The van der Waals surface area contributed by atoms with E-state index in [9.17, 15) is 0 Å². The lowest BCUT2D eigenvalue weighted by atomic mass is 10.0. The van der Waals surface area contributed by atoms with Crippen LogP contribution in [0.15, 0.2) is 206 Å². The van der Waals surface area contributed by atoms with Gasteiger partial charge in [0.05, 0.1) is 32.3 Å². The Morgan fingerprint density at radius 2 is 0.905 bits per heavy atom. The maximum atomic E-state index is 5.13. The van der Waals surface area contributed by atoms with Crippen molar-refractivity contribution < 1.29 is 0 Å². The molecule has 0 aliphatic carbocycles. The van der Waals surface area contributed by atoms with Gasteiger partial charge in [-0.25, -0.2) is 4.98 Å². The Morgan fingerprint density at radius 3 is 1.67 bits per heavy atom. The van der Waals surface area contributed by atoms with Crippen LogP contribution in [0.5, 0.6) is 0 Å². The van der Waals surface area contributed by atoms with Crippen molar-refractivity contribution in [1.82, 2.24) is 29.1 Å². The van der Waals surface area contributed by atoms with Crippen molar-refractivity contribution in [1.29, 1.82) is 0 Å². The maximum Gasteiger partial charge on any atom is 0.238 e. The summed E-state index contributed by atoms with van der Waals surface area (Å²) in [5.41, 5.74) is 13.1. The normalized spacial score (nSPS) is 11.8. The number of fused-ring (bicyclic) bond motifs is 9. The van der Waals surface area contributed by atoms with E-state index in [1.807, 2.05) is 72.9 Å². The molecule has 13 aromatic rings. The second-order valence-electron chi connectivity index (χ2n) is 15.9. The standard InChI is InChI=1S/C56H34N6S/c1-3-13-35(14-4-1)54-58-55(36-15-5-2-6-16-36)60-56(59-54)62-48-22-10-8-20-43(48)45-32-38(25-28-49(45)62)40-24-27-44-42-19-7-9-21-47(42)61(50(44)34-40)41-18-11-17-37(31-41)39-26-29-51-46(33-39)53-52(63-51)23-12-30-57-53/h1-34H. The minimum absolute atomic E-state index is 0.579. The van der Waals surface area contributed by atoms with E-state index >= 15 is 0 Å². The quantitative estimate of drug-likeness (QED) is 0.168. The highest BCUT2D eigenvalue weighted by molar-refractivity contribution is 7.25. The lowest BCUT2D eigenvalue weighted by molar-refractivity contribution is 0.953. The fourth-order valence-corrected chi connectivity index (χ4v) is 10.3. The largest absolute Gasteiger partial charge is 0.309 e. The van der Waals surface area contributed by atoms with E-state index in [4.69, 9.17) is 19.9 Å². The minimum Gasteiger partial charge on any atom is -0.309 e. The lowest BCUT2D eigenvalue weighted by Crippen LogP contribution is -2.06. The summed E-state index contributed by atoms with van der Waals surface area (Å²) in [6.45, 7) is 0. The van der Waals surface area contributed by atoms with Gasteiger partial charge in [0.25, 0.3) is 0 Å². The summed E-state index contributed by atoms with van der Waals surface area (Å²) in [5, 5.41) is 5.90. The molecule has 0 aliphatic heterocycles. The molecule has 0 bridgehead atoms. The molecule has 0 N–H and O–H groups in total. The third-order valence-corrected chi connectivity index (χ3v) is 13.4. The zero-order chi connectivity index (χ0) is 41.4. The number of hydrogen-bond donors (Lipinski definition) is 0. The van der Waals surface area contributed by atoms with Crippen molar-refractivity contribution in [2.45, 2.75) is 0 Å². The predicted molar refractivity (Wildman–Crippen MR) is 261 cm³/mol. The van der Waals surface area contributed by atoms with E-state index < -0.39 is 0 Å². The van der Waals surface area contributed by atoms with Gasteiger partial charge < -0.3 is 4.57 Å². The van der Waals surface area contributed by atoms with Gasteiger partial charge in [-0.05, 0) is 89.0 Å². The van der Waals surface area contributed by atoms with E-state index in [-0.39, 0.29) is 0 Å². The molecule has 5 heterocycles. The summed E-state index contributed by atoms with van der Waals surface area (Å²) in [5.74, 6) is 1.84. The van der Waals surface area contributed by atoms with Crippen molar-refractivity contribution in [2.24, 2.45) is 0 Å². The van der Waals surface area contributed by atoms with Crippen LogP contribution in [0.4, 0.5) is 0 Å². The third kappa shape index (κ3) is 5.78. The number of benzene rings is 8. The second-order valence-corrected chi connectivity index (χ2v) is 17.0. The van der Waals surface area contributed by atoms with E-state index in [2.05, 4.69) is 143 Å². The van der Waals surface area contributed by atoms with Gasteiger partial charge in [0.15, 0.2) is 11.6 Å². The first-order valence-electron chi connectivity index (χ1n) is 21.0. The molecule has 0 saturated heterocycles. The molecule has 294 valence electrons. The Hall–Kier alpha value is -8.26. The number of rotatable bonds is 6. The van der Waals surface area contributed by atoms with E-state index in [0.29, 0.717) is 17.6 Å². The third-order valence-electron chi connectivity index (χ3n) is 12.2. The first kappa shape index (κ1) is 35.5. The Morgan fingerprint density at radius 1 is 0.333 bits per heavy atom. The molecular formula is C56H34N6S. The lowest BCUT2D eigenvalue weighted by Gasteiger charge is -2.12. The minimum atomic E-state index is 0.579. The molecule has 0 saturated carbocycles. The molecular weight excluding hydrogens is 789 g/mol. The molecule has 0 radical (unpaired) electrons. The molecule has 0 fully saturated rings. The van der Waals surface area contributed by atoms with Gasteiger partial charge in [0.2, 0.25) is 5.95 Å². The smallest absolute Gasteiger partial charge is 0.238 e. The number of aromatic nitrogens is 6. The highest BCUT2D eigenvalue weighted by atomic mass is 32.1. The Balaban J connectivity index is 0.961. The Kier molecular flexibility index (Phi) is 7.98. The Labute approximate surface area is 365 Å². The molecule has 13 rings (SSSR count). The zero-order valence-corrected chi connectivity index (χ0v) is 34.5. The van der Waals surface area contributed by atoms with Gasteiger partial charge >= 0.3 is 0 Å².